The molecule has 0 unspecified atom stereocenters. The zero-order valence-corrected chi connectivity index (χ0v) is 14.7. The predicted octanol–water partition coefficient (Wildman–Crippen LogP) is 3.64. The van der Waals surface area contributed by atoms with E-state index in [0.717, 1.165) is 19.4 Å². The van der Waals surface area contributed by atoms with E-state index in [-0.39, 0.29) is 11.8 Å². The van der Waals surface area contributed by atoms with E-state index in [1.54, 1.807) is 24.3 Å². The van der Waals surface area contributed by atoms with Gasteiger partial charge < -0.3 is 10.2 Å². The molecule has 1 aliphatic heterocycles. The quantitative estimate of drug-likeness (QED) is 0.903. The van der Waals surface area contributed by atoms with Crippen LogP contribution in [-0.2, 0) is 4.79 Å². The Hall–Kier alpha value is -1.55. The lowest BCUT2D eigenvalue weighted by molar-refractivity contribution is -0.137. The summed E-state index contributed by atoms with van der Waals surface area (Å²) in [5.41, 5.74) is 0.567. The summed E-state index contributed by atoms with van der Waals surface area (Å²) in [5, 5.41) is 3.44. The average Bonchev–Trinajstić information content (AvgIpc) is 2.61. The summed E-state index contributed by atoms with van der Waals surface area (Å²) in [5.74, 6) is 0.719. The highest BCUT2D eigenvalue weighted by atomic mass is 35.5. The maximum Gasteiger partial charge on any atom is 0.251 e. The molecule has 0 bridgehead atoms. The van der Waals surface area contributed by atoms with Crippen molar-refractivity contribution in [2.24, 2.45) is 5.92 Å². The summed E-state index contributed by atoms with van der Waals surface area (Å²) >= 11 is 5.82. The Morgan fingerprint density at radius 1 is 1.08 bits per heavy atom. The fourth-order valence-corrected chi connectivity index (χ4v) is 4.19. The summed E-state index contributed by atoms with van der Waals surface area (Å²) in [6, 6.07) is 7.21. The van der Waals surface area contributed by atoms with Crippen molar-refractivity contribution in [3.8, 4) is 0 Å². The zero-order valence-electron chi connectivity index (χ0n) is 14.0. The van der Waals surface area contributed by atoms with Gasteiger partial charge in [0.2, 0.25) is 5.91 Å². The number of nitrogens with one attached hydrogen (secondary N) is 1. The van der Waals surface area contributed by atoms with Crippen LogP contribution in [0.3, 0.4) is 0 Å². The van der Waals surface area contributed by atoms with Crippen molar-refractivity contribution in [2.45, 2.75) is 51.0 Å². The highest BCUT2D eigenvalue weighted by molar-refractivity contribution is 6.30. The molecular weight excluding hydrogens is 324 g/mol. The summed E-state index contributed by atoms with van der Waals surface area (Å²) in [6.07, 6.45) is 7.71. The molecule has 1 saturated heterocycles. The van der Waals surface area contributed by atoms with Gasteiger partial charge in [0, 0.05) is 36.1 Å². The Balaban J connectivity index is 1.48. The van der Waals surface area contributed by atoms with Crippen molar-refractivity contribution in [1.82, 2.24) is 10.2 Å². The number of benzene rings is 1. The van der Waals surface area contributed by atoms with Crippen molar-refractivity contribution in [1.29, 1.82) is 0 Å². The predicted molar refractivity (Wildman–Crippen MR) is 95.1 cm³/mol. The van der Waals surface area contributed by atoms with Crippen LogP contribution in [0.4, 0.5) is 0 Å². The highest BCUT2D eigenvalue weighted by Crippen LogP contribution is 2.35. The normalized spacial score (nSPS) is 23.5. The standard InChI is InChI=1S/C19H25ClN2O2/c20-16-9-7-15(8-10-16)19(24)21-12-11-18(23)22-13-3-5-14-4-1-2-6-17(14)22/h7-10,14,17H,1-6,11-13H2,(H,21,24)/t14-,17+/m1/s1. The van der Waals surface area contributed by atoms with E-state index in [1.165, 1.54) is 25.7 Å². The van der Waals surface area contributed by atoms with Crippen LogP contribution < -0.4 is 5.32 Å². The second-order valence-electron chi connectivity index (χ2n) is 6.85. The van der Waals surface area contributed by atoms with Crippen LogP contribution in [0.1, 0.15) is 55.3 Å². The minimum Gasteiger partial charge on any atom is -0.352 e. The first kappa shape index (κ1) is 17.3. The molecule has 24 heavy (non-hydrogen) atoms. The van der Waals surface area contributed by atoms with Crippen LogP contribution in [0.2, 0.25) is 5.02 Å². The van der Waals surface area contributed by atoms with Crippen molar-refractivity contribution in [2.75, 3.05) is 13.1 Å². The molecule has 2 fully saturated rings. The molecule has 5 heteroatoms. The molecule has 1 saturated carbocycles. The second kappa shape index (κ2) is 8.02. The fraction of sp³-hybridized carbons (Fsp3) is 0.579. The van der Waals surface area contributed by atoms with Gasteiger partial charge in [-0.1, -0.05) is 24.4 Å². The van der Waals surface area contributed by atoms with Crippen molar-refractivity contribution >= 4 is 23.4 Å². The topological polar surface area (TPSA) is 49.4 Å². The number of hydrogen-bond acceptors (Lipinski definition) is 2. The van der Waals surface area contributed by atoms with Gasteiger partial charge in [-0.3, -0.25) is 9.59 Å². The van der Waals surface area contributed by atoms with E-state index < -0.39 is 0 Å². The van der Waals surface area contributed by atoms with Crippen LogP contribution in [-0.4, -0.2) is 35.8 Å². The minimum absolute atomic E-state index is 0.159. The number of fused-ring (bicyclic) bond motifs is 1. The number of rotatable bonds is 4. The van der Waals surface area contributed by atoms with Crippen molar-refractivity contribution in [3.05, 3.63) is 34.9 Å². The van der Waals surface area contributed by atoms with Crippen LogP contribution in [0.25, 0.3) is 0 Å². The van der Waals surface area contributed by atoms with E-state index >= 15 is 0 Å². The first-order valence-corrected chi connectivity index (χ1v) is 9.36. The van der Waals surface area contributed by atoms with Gasteiger partial charge >= 0.3 is 0 Å². The Labute approximate surface area is 148 Å². The highest BCUT2D eigenvalue weighted by Gasteiger charge is 2.35. The van der Waals surface area contributed by atoms with Gasteiger partial charge in [0.15, 0.2) is 0 Å². The van der Waals surface area contributed by atoms with Crippen molar-refractivity contribution < 1.29 is 9.59 Å². The molecule has 1 aliphatic carbocycles. The molecule has 0 radical (unpaired) electrons. The smallest absolute Gasteiger partial charge is 0.251 e. The zero-order chi connectivity index (χ0) is 16.9. The number of likely N-dealkylation sites (tertiary alicyclic amines) is 1. The Bertz CT molecular complexity index is 586. The first-order chi connectivity index (χ1) is 11.6. The van der Waals surface area contributed by atoms with Gasteiger partial charge in [-0.2, -0.15) is 0 Å². The Kier molecular flexibility index (Phi) is 5.77. The molecule has 0 aromatic heterocycles. The largest absolute Gasteiger partial charge is 0.352 e. The second-order valence-corrected chi connectivity index (χ2v) is 7.29. The molecule has 1 N–H and O–H groups in total. The molecule has 1 aromatic carbocycles. The van der Waals surface area contributed by atoms with Gasteiger partial charge in [-0.15, -0.1) is 0 Å². The van der Waals surface area contributed by atoms with E-state index in [9.17, 15) is 9.59 Å². The lowest BCUT2D eigenvalue weighted by Gasteiger charge is -2.44. The summed E-state index contributed by atoms with van der Waals surface area (Å²) in [6.45, 7) is 1.26. The third-order valence-corrected chi connectivity index (χ3v) is 5.55. The van der Waals surface area contributed by atoms with Crippen LogP contribution in [0.15, 0.2) is 24.3 Å². The summed E-state index contributed by atoms with van der Waals surface area (Å²) in [7, 11) is 0. The molecule has 3 rings (SSSR count). The molecule has 1 aromatic rings. The van der Waals surface area contributed by atoms with E-state index in [2.05, 4.69) is 10.2 Å². The van der Waals surface area contributed by atoms with E-state index in [1.807, 2.05) is 0 Å². The number of nitrogens with zero attached hydrogens (tertiary/aromatic N) is 1. The minimum atomic E-state index is -0.159. The van der Waals surface area contributed by atoms with Gasteiger partial charge in [0.25, 0.3) is 5.91 Å². The maximum atomic E-state index is 12.6. The fourth-order valence-electron chi connectivity index (χ4n) is 4.06. The third-order valence-electron chi connectivity index (χ3n) is 5.29. The summed E-state index contributed by atoms with van der Waals surface area (Å²) in [4.78, 5) is 26.7. The number of carbonyl (C=O) groups is 2. The van der Waals surface area contributed by atoms with Crippen LogP contribution in [0, 0.1) is 5.92 Å². The monoisotopic (exact) mass is 348 g/mol. The first-order valence-electron chi connectivity index (χ1n) is 8.98. The number of amides is 2. The molecule has 2 atom stereocenters. The van der Waals surface area contributed by atoms with Gasteiger partial charge in [-0.05, 0) is 55.9 Å². The maximum absolute atomic E-state index is 12.6. The molecular formula is C19H25ClN2O2. The lowest BCUT2D eigenvalue weighted by atomic mass is 9.78. The van der Waals surface area contributed by atoms with Gasteiger partial charge in [0.05, 0.1) is 0 Å². The SMILES string of the molecule is O=C(NCCC(=O)N1CCC[C@H]2CCCC[C@@H]21)c1ccc(Cl)cc1. The van der Waals surface area contributed by atoms with Crippen LogP contribution in [0.5, 0.6) is 0 Å². The molecule has 4 nitrogen and oxygen atoms in total. The number of carbonyl (C=O) groups excluding carboxylic acids is 2. The Morgan fingerprint density at radius 2 is 1.79 bits per heavy atom. The van der Waals surface area contributed by atoms with E-state index in [4.69, 9.17) is 11.6 Å². The molecule has 130 valence electrons. The molecule has 0 spiro atoms. The number of halogens is 1. The number of piperidine rings is 1. The van der Waals surface area contributed by atoms with Crippen LogP contribution >= 0.6 is 11.6 Å². The van der Waals surface area contributed by atoms with Crippen molar-refractivity contribution in [3.63, 3.8) is 0 Å². The van der Waals surface area contributed by atoms with Gasteiger partial charge in [-0.25, -0.2) is 0 Å². The van der Waals surface area contributed by atoms with Gasteiger partial charge in [0.1, 0.15) is 0 Å². The summed E-state index contributed by atoms with van der Waals surface area (Å²) < 4.78 is 0. The lowest BCUT2D eigenvalue weighted by Crippen LogP contribution is -2.50. The number of hydrogen-bond donors (Lipinski definition) is 1. The molecule has 2 amide bonds. The molecule has 1 heterocycles. The third kappa shape index (κ3) is 4.10. The average molecular weight is 349 g/mol. The molecule has 2 aliphatic rings. The Morgan fingerprint density at radius 3 is 2.58 bits per heavy atom. The van der Waals surface area contributed by atoms with E-state index in [0.29, 0.717) is 35.5 Å².